The second-order valence-electron chi connectivity index (χ2n) is 5.73. The monoisotopic (exact) mass is 431 g/mol. The maximum absolute atomic E-state index is 13.3. The summed E-state index contributed by atoms with van der Waals surface area (Å²) in [6.07, 6.45) is -1.76. The van der Waals surface area contributed by atoms with E-state index >= 15 is 0 Å². The molecule has 0 atom stereocenters. The SMILES string of the molecule is CS(=O)(=O)c1ncc(C(F)(F)F)c(-c2ccn(S(=O)(=O)c3ccccc3)c2)n1. The predicted octanol–water partition coefficient (Wildman–Crippen LogP) is 2.60. The Labute approximate surface area is 158 Å². The first-order valence-corrected chi connectivity index (χ1v) is 10.9. The predicted molar refractivity (Wildman–Crippen MR) is 92.6 cm³/mol. The van der Waals surface area contributed by atoms with Gasteiger partial charge >= 0.3 is 6.18 Å². The smallest absolute Gasteiger partial charge is 0.248 e. The molecule has 3 aromatic rings. The maximum Gasteiger partial charge on any atom is 0.419 e. The summed E-state index contributed by atoms with van der Waals surface area (Å²) in [5.41, 5.74) is -2.24. The zero-order chi connectivity index (χ0) is 20.7. The van der Waals surface area contributed by atoms with Crippen molar-refractivity contribution in [1.82, 2.24) is 13.9 Å². The van der Waals surface area contributed by atoms with E-state index in [0.717, 1.165) is 28.7 Å². The van der Waals surface area contributed by atoms with E-state index in [9.17, 15) is 30.0 Å². The highest BCUT2D eigenvalue weighted by molar-refractivity contribution is 7.90. The van der Waals surface area contributed by atoms with Crippen LogP contribution >= 0.6 is 0 Å². The molecule has 28 heavy (non-hydrogen) atoms. The second kappa shape index (κ2) is 6.71. The quantitative estimate of drug-likeness (QED) is 0.589. The molecule has 0 saturated heterocycles. The molecule has 2 aromatic heterocycles. The van der Waals surface area contributed by atoms with Gasteiger partial charge in [0, 0.05) is 30.4 Å². The molecule has 0 radical (unpaired) electrons. The summed E-state index contributed by atoms with van der Waals surface area (Å²) in [6, 6.07) is 8.39. The van der Waals surface area contributed by atoms with E-state index in [1.165, 1.54) is 24.3 Å². The minimum absolute atomic E-state index is 0.0623. The lowest BCUT2D eigenvalue weighted by atomic mass is 10.1. The van der Waals surface area contributed by atoms with Crippen molar-refractivity contribution in [2.24, 2.45) is 0 Å². The molecule has 1 aromatic carbocycles. The summed E-state index contributed by atoms with van der Waals surface area (Å²) in [4.78, 5) is 6.72. The number of hydrogen-bond acceptors (Lipinski definition) is 6. The van der Waals surface area contributed by atoms with Gasteiger partial charge in [-0.05, 0) is 18.2 Å². The van der Waals surface area contributed by atoms with Gasteiger partial charge in [-0.1, -0.05) is 18.2 Å². The molecule has 0 N–H and O–H groups in total. The van der Waals surface area contributed by atoms with Gasteiger partial charge in [0.2, 0.25) is 15.0 Å². The van der Waals surface area contributed by atoms with Crippen molar-refractivity contribution < 1.29 is 30.0 Å². The van der Waals surface area contributed by atoms with Gasteiger partial charge in [0.15, 0.2) is 0 Å². The van der Waals surface area contributed by atoms with Crippen molar-refractivity contribution in [3.8, 4) is 11.3 Å². The summed E-state index contributed by atoms with van der Waals surface area (Å²) >= 11 is 0. The third-order valence-corrected chi connectivity index (χ3v) is 6.17. The highest BCUT2D eigenvalue weighted by atomic mass is 32.2. The molecule has 0 aliphatic heterocycles. The molecule has 12 heteroatoms. The molecule has 0 spiro atoms. The van der Waals surface area contributed by atoms with E-state index < -0.39 is 42.5 Å². The number of rotatable bonds is 4. The van der Waals surface area contributed by atoms with Crippen molar-refractivity contribution in [3.05, 3.63) is 60.6 Å². The molecular weight excluding hydrogens is 419 g/mol. The Bertz CT molecular complexity index is 1240. The number of nitrogens with zero attached hydrogens (tertiary/aromatic N) is 3. The van der Waals surface area contributed by atoms with Crippen molar-refractivity contribution in [3.63, 3.8) is 0 Å². The molecule has 0 saturated carbocycles. The van der Waals surface area contributed by atoms with Gasteiger partial charge in [-0.15, -0.1) is 0 Å². The molecule has 148 valence electrons. The van der Waals surface area contributed by atoms with Gasteiger partial charge in [-0.3, -0.25) is 0 Å². The molecular formula is C16H12F3N3O4S2. The first-order valence-electron chi connectivity index (χ1n) is 7.54. The Hall–Kier alpha value is -2.73. The molecule has 0 aliphatic carbocycles. The first kappa shape index (κ1) is 20.0. The second-order valence-corrected chi connectivity index (χ2v) is 9.49. The lowest BCUT2D eigenvalue weighted by molar-refractivity contribution is -0.137. The van der Waals surface area contributed by atoms with E-state index in [2.05, 4.69) is 9.97 Å². The van der Waals surface area contributed by atoms with Gasteiger partial charge in [0.1, 0.15) is 5.56 Å². The summed E-state index contributed by atoms with van der Waals surface area (Å²) in [7, 11) is -8.01. The molecule has 0 aliphatic rings. The molecule has 0 amide bonds. The highest BCUT2D eigenvalue weighted by Gasteiger charge is 2.36. The van der Waals surface area contributed by atoms with Crippen molar-refractivity contribution >= 4 is 19.9 Å². The van der Waals surface area contributed by atoms with Crippen LogP contribution < -0.4 is 0 Å². The van der Waals surface area contributed by atoms with Gasteiger partial charge in [-0.2, -0.15) is 13.2 Å². The number of alkyl halides is 3. The lowest BCUT2D eigenvalue weighted by Gasteiger charge is -2.11. The maximum atomic E-state index is 13.3. The average molecular weight is 431 g/mol. The standard InChI is InChI=1S/C16H12F3N3O4S2/c1-27(23,24)15-20-9-13(16(17,18)19)14(21-15)11-7-8-22(10-11)28(25,26)12-5-3-2-4-6-12/h2-10H,1H3. The van der Waals surface area contributed by atoms with E-state index in [4.69, 9.17) is 0 Å². The fourth-order valence-electron chi connectivity index (χ4n) is 2.35. The van der Waals surface area contributed by atoms with Gasteiger partial charge in [-0.25, -0.2) is 30.8 Å². The topological polar surface area (TPSA) is 99.0 Å². The number of aromatic nitrogens is 3. The Morgan fingerprint density at radius 2 is 1.64 bits per heavy atom. The lowest BCUT2D eigenvalue weighted by Crippen LogP contribution is -2.13. The Morgan fingerprint density at radius 3 is 2.21 bits per heavy atom. The van der Waals surface area contributed by atoms with Crippen LogP contribution in [-0.2, 0) is 26.0 Å². The van der Waals surface area contributed by atoms with Crippen molar-refractivity contribution in [2.45, 2.75) is 16.2 Å². The fourth-order valence-corrected chi connectivity index (χ4v) is 4.07. The van der Waals surface area contributed by atoms with Crippen molar-refractivity contribution in [1.29, 1.82) is 0 Å². The Morgan fingerprint density at radius 1 is 1.00 bits per heavy atom. The van der Waals surface area contributed by atoms with E-state index in [-0.39, 0.29) is 10.5 Å². The van der Waals surface area contributed by atoms with Crippen LogP contribution in [0.25, 0.3) is 11.3 Å². The number of hydrogen-bond donors (Lipinski definition) is 0. The summed E-state index contributed by atoms with van der Waals surface area (Å²) in [5.74, 6) is 0. The highest BCUT2D eigenvalue weighted by Crippen LogP contribution is 2.36. The summed E-state index contributed by atoms with van der Waals surface area (Å²) in [6.45, 7) is 0. The van der Waals surface area contributed by atoms with Crippen LogP contribution in [0.3, 0.4) is 0 Å². The minimum Gasteiger partial charge on any atom is -0.248 e. The van der Waals surface area contributed by atoms with Crippen LogP contribution in [0, 0.1) is 0 Å². The van der Waals surface area contributed by atoms with E-state index in [1.807, 2.05) is 0 Å². The molecule has 0 fully saturated rings. The minimum atomic E-state index is -4.87. The summed E-state index contributed by atoms with van der Waals surface area (Å²) < 4.78 is 89.1. The van der Waals surface area contributed by atoms with Gasteiger partial charge in [0.25, 0.3) is 10.0 Å². The first-order chi connectivity index (χ1) is 12.9. The largest absolute Gasteiger partial charge is 0.419 e. The normalized spacial score (nSPS) is 12.9. The third-order valence-electron chi connectivity index (χ3n) is 3.66. The van der Waals surface area contributed by atoms with Crippen LogP contribution in [-0.4, -0.2) is 37.0 Å². The van der Waals surface area contributed by atoms with Crippen molar-refractivity contribution in [2.75, 3.05) is 6.26 Å². The average Bonchev–Trinajstić information content (AvgIpc) is 3.11. The molecule has 0 unspecified atom stereocenters. The van der Waals surface area contributed by atoms with E-state index in [0.29, 0.717) is 6.20 Å². The third kappa shape index (κ3) is 3.78. The number of halogens is 3. The molecule has 3 rings (SSSR count). The zero-order valence-electron chi connectivity index (χ0n) is 14.1. The Balaban J connectivity index is 2.18. The molecule has 2 heterocycles. The van der Waals surface area contributed by atoms with Crippen LogP contribution in [0.15, 0.2) is 65.0 Å². The zero-order valence-corrected chi connectivity index (χ0v) is 15.8. The van der Waals surface area contributed by atoms with Crippen LogP contribution in [0.4, 0.5) is 13.2 Å². The van der Waals surface area contributed by atoms with Gasteiger partial charge in [0.05, 0.1) is 10.6 Å². The molecule has 0 bridgehead atoms. The van der Waals surface area contributed by atoms with Gasteiger partial charge < -0.3 is 0 Å². The van der Waals surface area contributed by atoms with Crippen LogP contribution in [0.5, 0.6) is 0 Å². The number of benzene rings is 1. The summed E-state index contributed by atoms with van der Waals surface area (Å²) in [5, 5.41) is -0.797. The Kier molecular flexibility index (Phi) is 4.79. The van der Waals surface area contributed by atoms with E-state index in [1.54, 1.807) is 6.07 Å². The fraction of sp³-hybridized carbons (Fsp3) is 0.125. The van der Waals surface area contributed by atoms with Crippen LogP contribution in [0.1, 0.15) is 5.56 Å². The number of sulfone groups is 1. The molecule has 7 nitrogen and oxygen atoms in total. The van der Waals surface area contributed by atoms with Crippen LogP contribution in [0.2, 0.25) is 0 Å².